The highest BCUT2D eigenvalue weighted by molar-refractivity contribution is 5.20. The van der Waals surface area contributed by atoms with E-state index in [2.05, 4.69) is 0 Å². The van der Waals surface area contributed by atoms with Gasteiger partial charge in [-0.05, 0) is 31.3 Å². The predicted molar refractivity (Wildman–Crippen MR) is 73.0 cm³/mol. The summed E-state index contributed by atoms with van der Waals surface area (Å²) in [6.45, 7) is 1.50. The molecule has 1 aromatic carbocycles. The first kappa shape index (κ1) is 13.6. The van der Waals surface area contributed by atoms with Crippen LogP contribution in [0.1, 0.15) is 5.76 Å². The molecule has 0 spiro atoms. The van der Waals surface area contributed by atoms with E-state index >= 15 is 0 Å². The second kappa shape index (κ2) is 6.97. The van der Waals surface area contributed by atoms with Gasteiger partial charge in [0.15, 0.2) is 0 Å². The lowest BCUT2D eigenvalue weighted by atomic mass is 10.3. The van der Waals surface area contributed by atoms with Gasteiger partial charge in [0, 0.05) is 6.54 Å². The van der Waals surface area contributed by atoms with Crippen molar-refractivity contribution >= 4 is 0 Å². The van der Waals surface area contributed by atoms with Gasteiger partial charge in [-0.15, -0.1) is 0 Å². The van der Waals surface area contributed by atoms with E-state index in [4.69, 9.17) is 9.15 Å². The summed E-state index contributed by atoms with van der Waals surface area (Å²) in [6, 6.07) is 13.3. The average molecular weight is 261 g/mol. The van der Waals surface area contributed by atoms with Gasteiger partial charge in [0.05, 0.1) is 12.8 Å². The van der Waals surface area contributed by atoms with Crippen molar-refractivity contribution in [2.24, 2.45) is 0 Å². The Balaban J connectivity index is 1.70. The van der Waals surface area contributed by atoms with Gasteiger partial charge in [0.2, 0.25) is 0 Å². The second-order valence-electron chi connectivity index (χ2n) is 4.55. The van der Waals surface area contributed by atoms with Crippen LogP contribution >= 0.6 is 0 Å². The maximum Gasteiger partial charge on any atom is 0.119 e. The highest BCUT2D eigenvalue weighted by Gasteiger charge is 2.10. The number of likely N-dealkylation sites (N-methyl/N-ethyl adjacent to an activating group) is 1. The fraction of sp³-hybridized carbons (Fsp3) is 0.333. The molecule has 1 unspecified atom stereocenters. The summed E-state index contributed by atoms with van der Waals surface area (Å²) in [4.78, 5) is 2.00. The van der Waals surface area contributed by atoms with E-state index in [0.29, 0.717) is 13.1 Å². The molecule has 0 bridgehead atoms. The Labute approximate surface area is 113 Å². The van der Waals surface area contributed by atoms with Crippen molar-refractivity contribution < 1.29 is 14.3 Å². The highest BCUT2D eigenvalue weighted by Crippen LogP contribution is 2.09. The number of rotatable bonds is 7. The Morgan fingerprint density at radius 2 is 2.00 bits per heavy atom. The average Bonchev–Trinajstić information content (AvgIpc) is 2.90. The molecule has 1 aromatic heterocycles. The quantitative estimate of drug-likeness (QED) is 0.829. The summed E-state index contributed by atoms with van der Waals surface area (Å²) in [7, 11) is 1.94. The molecule has 1 atom stereocenters. The van der Waals surface area contributed by atoms with Crippen molar-refractivity contribution in [2.75, 3.05) is 20.2 Å². The Morgan fingerprint density at radius 3 is 2.68 bits per heavy atom. The van der Waals surface area contributed by atoms with E-state index in [0.717, 1.165) is 11.5 Å². The zero-order chi connectivity index (χ0) is 13.5. The molecule has 4 nitrogen and oxygen atoms in total. The number of hydrogen-bond acceptors (Lipinski definition) is 4. The molecule has 2 rings (SSSR count). The maximum atomic E-state index is 9.91. The molecule has 1 N–H and O–H groups in total. The zero-order valence-electron chi connectivity index (χ0n) is 11.0. The van der Waals surface area contributed by atoms with Crippen molar-refractivity contribution in [1.82, 2.24) is 4.90 Å². The summed E-state index contributed by atoms with van der Waals surface area (Å²) in [5.41, 5.74) is 0. The predicted octanol–water partition coefficient (Wildman–Crippen LogP) is 2.15. The lowest BCUT2D eigenvalue weighted by Gasteiger charge is -2.19. The summed E-state index contributed by atoms with van der Waals surface area (Å²) < 4.78 is 10.8. The zero-order valence-corrected chi connectivity index (χ0v) is 11.0. The number of benzene rings is 1. The highest BCUT2D eigenvalue weighted by atomic mass is 16.5. The van der Waals surface area contributed by atoms with Crippen LogP contribution < -0.4 is 4.74 Å². The summed E-state index contributed by atoms with van der Waals surface area (Å²) in [6.07, 6.45) is 1.12. The van der Waals surface area contributed by atoms with Crippen LogP contribution in [0.25, 0.3) is 0 Å². The minimum Gasteiger partial charge on any atom is -0.491 e. The fourth-order valence-electron chi connectivity index (χ4n) is 1.85. The van der Waals surface area contributed by atoms with E-state index < -0.39 is 6.10 Å². The molecule has 2 aromatic rings. The Morgan fingerprint density at radius 1 is 1.21 bits per heavy atom. The Bertz CT molecular complexity index is 456. The minimum absolute atomic E-state index is 0.284. The van der Waals surface area contributed by atoms with Gasteiger partial charge in [-0.25, -0.2) is 0 Å². The molecule has 0 saturated heterocycles. The van der Waals surface area contributed by atoms with Gasteiger partial charge in [-0.2, -0.15) is 0 Å². The number of nitrogens with zero attached hydrogens (tertiary/aromatic N) is 1. The van der Waals surface area contributed by atoms with Crippen LogP contribution in [0.2, 0.25) is 0 Å². The first-order chi connectivity index (χ1) is 9.24. The van der Waals surface area contributed by atoms with E-state index in [1.54, 1.807) is 6.26 Å². The van der Waals surface area contributed by atoms with E-state index in [-0.39, 0.29) is 6.61 Å². The van der Waals surface area contributed by atoms with Crippen LogP contribution in [-0.2, 0) is 6.54 Å². The fourth-order valence-corrected chi connectivity index (χ4v) is 1.85. The van der Waals surface area contributed by atoms with Crippen LogP contribution in [0.15, 0.2) is 53.1 Å². The third-order valence-corrected chi connectivity index (χ3v) is 2.71. The smallest absolute Gasteiger partial charge is 0.119 e. The molecule has 0 aliphatic carbocycles. The van der Waals surface area contributed by atoms with Crippen molar-refractivity contribution in [2.45, 2.75) is 12.6 Å². The van der Waals surface area contributed by atoms with Crippen LogP contribution in [0, 0.1) is 0 Å². The van der Waals surface area contributed by atoms with Crippen LogP contribution in [-0.4, -0.2) is 36.3 Å². The summed E-state index contributed by atoms with van der Waals surface area (Å²) >= 11 is 0. The van der Waals surface area contributed by atoms with Gasteiger partial charge in [0.25, 0.3) is 0 Å². The van der Waals surface area contributed by atoms with Crippen LogP contribution in [0.5, 0.6) is 5.75 Å². The van der Waals surface area contributed by atoms with E-state index in [9.17, 15) is 5.11 Å². The standard InChI is InChI=1S/C15H19NO3/c1-16(11-15-8-5-9-18-15)10-13(17)12-19-14-6-3-2-4-7-14/h2-9,13,17H,10-12H2,1H3. The van der Waals surface area contributed by atoms with Crippen LogP contribution in [0.3, 0.4) is 0 Å². The first-order valence-electron chi connectivity index (χ1n) is 6.31. The number of ether oxygens (including phenoxy) is 1. The number of para-hydroxylation sites is 1. The van der Waals surface area contributed by atoms with Gasteiger partial charge >= 0.3 is 0 Å². The lowest BCUT2D eigenvalue weighted by molar-refractivity contribution is 0.0725. The molecular weight excluding hydrogens is 242 g/mol. The lowest BCUT2D eigenvalue weighted by Crippen LogP contribution is -2.32. The SMILES string of the molecule is CN(Cc1ccco1)CC(O)COc1ccccc1. The molecule has 0 fully saturated rings. The molecule has 102 valence electrons. The van der Waals surface area contributed by atoms with Gasteiger partial charge in [-0.3, -0.25) is 4.90 Å². The third kappa shape index (κ3) is 4.77. The summed E-state index contributed by atoms with van der Waals surface area (Å²) in [5, 5.41) is 9.91. The molecule has 0 radical (unpaired) electrons. The molecule has 0 saturated carbocycles. The van der Waals surface area contributed by atoms with Gasteiger partial charge in [-0.1, -0.05) is 18.2 Å². The number of hydrogen-bond donors (Lipinski definition) is 1. The summed E-state index contributed by atoms with van der Waals surface area (Å²) in [5.74, 6) is 1.66. The normalized spacial score (nSPS) is 12.6. The maximum absolute atomic E-state index is 9.91. The number of aliphatic hydroxyl groups excluding tert-OH is 1. The van der Waals surface area contributed by atoms with Crippen molar-refractivity contribution in [3.05, 3.63) is 54.5 Å². The Kier molecular flexibility index (Phi) is 5.01. The topological polar surface area (TPSA) is 45.8 Å². The van der Waals surface area contributed by atoms with Crippen molar-refractivity contribution in [3.63, 3.8) is 0 Å². The molecule has 19 heavy (non-hydrogen) atoms. The van der Waals surface area contributed by atoms with Gasteiger partial charge in [0.1, 0.15) is 24.2 Å². The Hall–Kier alpha value is -1.78. The first-order valence-corrected chi connectivity index (χ1v) is 6.31. The minimum atomic E-state index is -0.528. The molecule has 1 heterocycles. The number of furan rings is 1. The largest absolute Gasteiger partial charge is 0.491 e. The van der Waals surface area contributed by atoms with Crippen molar-refractivity contribution in [3.8, 4) is 5.75 Å². The monoisotopic (exact) mass is 261 g/mol. The molecule has 0 aliphatic heterocycles. The second-order valence-corrected chi connectivity index (χ2v) is 4.55. The molecule has 4 heteroatoms. The number of aliphatic hydroxyl groups is 1. The van der Waals surface area contributed by atoms with Crippen LogP contribution in [0.4, 0.5) is 0 Å². The van der Waals surface area contributed by atoms with E-state index in [1.807, 2.05) is 54.4 Å². The van der Waals surface area contributed by atoms with Crippen molar-refractivity contribution in [1.29, 1.82) is 0 Å². The molecular formula is C15H19NO3. The van der Waals surface area contributed by atoms with E-state index in [1.165, 1.54) is 0 Å². The third-order valence-electron chi connectivity index (χ3n) is 2.71. The molecule has 0 aliphatic rings. The van der Waals surface area contributed by atoms with Gasteiger partial charge < -0.3 is 14.3 Å². The molecule has 0 amide bonds.